The van der Waals surface area contributed by atoms with Gasteiger partial charge in [-0.2, -0.15) is 18.6 Å². The molecule has 2 aromatic carbocycles. The largest absolute Gasteiger partial charge is 0.356 e. The third-order valence-corrected chi connectivity index (χ3v) is 5.90. The molecule has 1 saturated heterocycles. The molecule has 30 heavy (non-hydrogen) atoms. The Hall–Kier alpha value is -3.17. The van der Waals surface area contributed by atoms with Crippen molar-refractivity contribution in [1.29, 1.82) is 0 Å². The molecule has 0 atom stereocenters. The monoisotopic (exact) mass is 425 g/mol. The highest BCUT2D eigenvalue weighted by atomic mass is 32.2. The van der Waals surface area contributed by atoms with E-state index in [0.717, 1.165) is 48.7 Å². The van der Waals surface area contributed by atoms with Crippen molar-refractivity contribution >= 4 is 27.8 Å². The summed E-state index contributed by atoms with van der Waals surface area (Å²) in [5, 5.41) is 9.09. The second-order valence-electron chi connectivity index (χ2n) is 7.13. The van der Waals surface area contributed by atoms with Crippen LogP contribution in [0.3, 0.4) is 0 Å². The van der Waals surface area contributed by atoms with Gasteiger partial charge in [0.1, 0.15) is 5.82 Å². The number of para-hydroxylation sites is 1. The highest BCUT2D eigenvalue weighted by molar-refractivity contribution is 7.85. The number of aromatic nitrogens is 2. The van der Waals surface area contributed by atoms with Crippen molar-refractivity contribution in [3.8, 4) is 5.69 Å². The van der Waals surface area contributed by atoms with E-state index in [-0.39, 0.29) is 4.90 Å². The van der Waals surface area contributed by atoms with E-state index in [1.165, 1.54) is 12.1 Å². The van der Waals surface area contributed by atoms with Crippen molar-refractivity contribution in [2.75, 3.05) is 23.4 Å². The number of rotatable bonds is 6. The van der Waals surface area contributed by atoms with Gasteiger partial charge in [-0.3, -0.25) is 9.98 Å². The van der Waals surface area contributed by atoms with E-state index in [1.807, 2.05) is 41.9 Å². The van der Waals surface area contributed by atoms with E-state index in [0.29, 0.717) is 5.69 Å². The smallest absolute Gasteiger partial charge is 0.294 e. The summed E-state index contributed by atoms with van der Waals surface area (Å²) in [6, 6.07) is 15.8. The van der Waals surface area contributed by atoms with Gasteiger partial charge < -0.3 is 4.90 Å². The molecule has 4 rings (SSSR count). The molecule has 1 fully saturated rings. The van der Waals surface area contributed by atoms with E-state index in [2.05, 4.69) is 15.4 Å². The second kappa shape index (κ2) is 8.29. The van der Waals surface area contributed by atoms with Gasteiger partial charge in [0, 0.05) is 13.1 Å². The summed E-state index contributed by atoms with van der Waals surface area (Å²) in [6.45, 7) is 3.91. The lowest BCUT2D eigenvalue weighted by Crippen LogP contribution is -2.22. The van der Waals surface area contributed by atoms with Gasteiger partial charge in [-0.25, -0.2) is 4.68 Å². The fourth-order valence-corrected chi connectivity index (χ4v) is 4.01. The normalized spacial score (nSPS) is 14.5. The van der Waals surface area contributed by atoms with Gasteiger partial charge in [0.2, 0.25) is 0 Å². The predicted octanol–water partition coefficient (Wildman–Crippen LogP) is 3.47. The predicted molar refractivity (Wildman–Crippen MR) is 117 cm³/mol. The molecule has 3 aromatic rings. The third-order valence-electron chi connectivity index (χ3n) is 5.03. The van der Waals surface area contributed by atoms with Crippen molar-refractivity contribution < 1.29 is 13.0 Å². The summed E-state index contributed by atoms with van der Waals surface area (Å²) in [5.41, 5.74) is 6.31. The Labute approximate surface area is 175 Å². The van der Waals surface area contributed by atoms with Crippen LogP contribution in [0.25, 0.3) is 5.69 Å². The number of nitrogens with one attached hydrogen (secondary N) is 1. The number of aryl methyl sites for hydroxylation is 1. The molecule has 0 bridgehead atoms. The maximum atomic E-state index is 11.2. The Balaban J connectivity index is 1.63. The van der Waals surface area contributed by atoms with Crippen molar-refractivity contribution in [3.63, 3.8) is 0 Å². The van der Waals surface area contributed by atoms with Gasteiger partial charge in [-0.1, -0.05) is 18.2 Å². The van der Waals surface area contributed by atoms with Crippen molar-refractivity contribution in [3.05, 3.63) is 65.9 Å². The molecule has 1 aromatic heterocycles. The average Bonchev–Trinajstić information content (AvgIpc) is 3.37. The molecule has 0 amide bonds. The Morgan fingerprint density at radius 3 is 2.37 bits per heavy atom. The third kappa shape index (κ3) is 4.22. The minimum absolute atomic E-state index is 0.159. The molecule has 0 spiro atoms. The molecule has 0 radical (unpaired) electrons. The minimum atomic E-state index is -4.21. The molecule has 2 N–H and O–H groups in total. The summed E-state index contributed by atoms with van der Waals surface area (Å²) < 4.78 is 33.3. The Bertz CT molecular complexity index is 1150. The lowest BCUT2D eigenvalue weighted by atomic mass is 10.2. The molecule has 1 aliphatic rings. The quantitative estimate of drug-likeness (QED) is 0.356. The number of benzene rings is 2. The molecule has 1 aliphatic heterocycles. The first kappa shape index (κ1) is 20.1. The highest BCUT2D eigenvalue weighted by Crippen LogP contribution is 2.29. The lowest BCUT2D eigenvalue weighted by molar-refractivity contribution is 0.483. The molecule has 0 saturated carbocycles. The number of nitrogens with zero attached hydrogens (tertiary/aromatic N) is 4. The zero-order valence-electron chi connectivity index (χ0n) is 16.6. The minimum Gasteiger partial charge on any atom is -0.356 e. The summed E-state index contributed by atoms with van der Waals surface area (Å²) in [5.74, 6) is 1.02. The number of anilines is 2. The van der Waals surface area contributed by atoms with E-state index in [1.54, 1.807) is 18.3 Å². The van der Waals surface area contributed by atoms with Crippen LogP contribution in [-0.4, -0.2) is 42.1 Å². The van der Waals surface area contributed by atoms with Crippen LogP contribution in [0.4, 0.5) is 11.5 Å². The maximum absolute atomic E-state index is 11.2. The lowest BCUT2D eigenvalue weighted by Gasteiger charge is -2.20. The van der Waals surface area contributed by atoms with Gasteiger partial charge in [0.25, 0.3) is 10.1 Å². The van der Waals surface area contributed by atoms with Crippen molar-refractivity contribution in [2.45, 2.75) is 24.7 Å². The molecule has 9 heteroatoms. The molecular formula is C21H23N5O3S. The SMILES string of the molecule is Cc1nn(-c2ccccc2)c(N2CCCC2)c1/C=N/Nc1ccc(S(=O)(=O)O)cc1. The van der Waals surface area contributed by atoms with E-state index < -0.39 is 10.1 Å². The summed E-state index contributed by atoms with van der Waals surface area (Å²) in [7, 11) is -4.21. The number of hydrazone groups is 1. The molecular weight excluding hydrogens is 402 g/mol. The standard InChI is InChI=1S/C21H23N5O3S/c1-16-20(15-22-23-17-9-11-19(12-10-17)30(27,28)29)21(25-13-5-6-14-25)26(24-16)18-7-3-2-4-8-18/h2-4,7-12,15,23H,5-6,13-14H2,1H3,(H,27,28,29)/b22-15+. The van der Waals surface area contributed by atoms with Crippen LogP contribution in [0, 0.1) is 6.92 Å². The van der Waals surface area contributed by atoms with E-state index in [4.69, 9.17) is 9.65 Å². The molecule has 156 valence electrons. The van der Waals surface area contributed by atoms with Crippen LogP contribution in [0.1, 0.15) is 24.1 Å². The van der Waals surface area contributed by atoms with Crippen LogP contribution in [0.15, 0.2) is 64.6 Å². The fraction of sp³-hybridized carbons (Fsp3) is 0.238. The van der Waals surface area contributed by atoms with Crippen LogP contribution in [-0.2, 0) is 10.1 Å². The Morgan fingerprint density at radius 2 is 1.73 bits per heavy atom. The first-order valence-corrected chi connectivity index (χ1v) is 11.1. The van der Waals surface area contributed by atoms with Crippen LogP contribution < -0.4 is 10.3 Å². The number of hydrogen-bond donors (Lipinski definition) is 2. The fourth-order valence-electron chi connectivity index (χ4n) is 3.53. The molecule has 0 aliphatic carbocycles. The Morgan fingerprint density at radius 1 is 1.07 bits per heavy atom. The van der Waals surface area contributed by atoms with Gasteiger partial charge in [0.15, 0.2) is 0 Å². The van der Waals surface area contributed by atoms with Gasteiger partial charge in [-0.05, 0) is 56.2 Å². The molecule has 8 nitrogen and oxygen atoms in total. The van der Waals surface area contributed by atoms with Gasteiger partial charge >= 0.3 is 0 Å². The topological polar surface area (TPSA) is 99.8 Å². The van der Waals surface area contributed by atoms with Crippen LogP contribution in [0.5, 0.6) is 0 Å². The van der Waals surface area contributed by atoms with Crippen molar-refractivity contribution in [2.24, 2.45) is 5.10 Å². The Kier molecular flexibility index (Phi) is 5.56. The average molecular weight is 426 g/mol. The van der Waals surface area contributed by atoms with Crippen LogP contribution in [0.2, 0.25) is 0 Å². The maximum Gasteiger partial charge on any atom is 0.294 e. The summed E-state index contributed by atoms with van der Waals surface area (Å²) >= 11 is 0. The van der Waals surface area contributed by atoms with E-state index >= 15 is 0 Å². The highest BCUT2D eigenvalue weighted by Gasteiger charge is 2.23. The zero-order chi connectivity index (χ0) is 21.1. The van der Waals surface area contributed by atoms with Gasteiger partial charge in [-0.15, -0.1) is 0 Å². The van der Waals surface area contributed by atoms with Gasteiger partial charge in [0.05, 0.1) is 33.7 Å². The van der Waals surface area contributed by atoms with E-state index in [9.17, 15) is 8.42 Å². The molecule has 2 heterocycles. The summed E-state index contributed by atoms with van der Waals surface area (Å²) in [6.07, 6.45) is 4.04. The second-order valence-corrected chi connectivity index (χ2v) is 8.56. The number of hydrogen-bond acceptors (Lipinski definition) is 6. The summed E-state index contributed by atoms with van der Waals surface area (Å²) in [4.78, 5) is 2.17. The first-order valence-electron chi connectivity index (χ1n) is 9.70. The molecule has 0 unspecified atom stereocenters. The first-order chi connectivity index (χ1) is 14.4. The van der Waals surface area contributed by atoms with Crippen molar-refractivity contribution in [1.82, 2.24) is 9.78 Å². The zero-order valence-corrected chi connectivity index (χ0v) is 17.4. The van der Waals surface area contributed by atoms with Crippen LogP contribution >= 0.6 is 0 Å².